The number of hydrogen-bond acceptors (Lipinski definition) is 5. The first-order valence-electron chi connectivity index (χ1n) is 10.7. The van der Waals surface area contributed by atoms with Crippen molar-refractivity contribution in [2.45, 2.75) is 63.5 Å². The highest BCUT2D eigenvalue weighted by Crippen LogP contribution is 2.45. The molecule has 4 heterocycles. The molecule has 162 valence electrons. The fourth-order valence-electron chi connectivity index (χ4n) is 4.60. The van der Waals surface area contributed by atoms with Crippen molar-refractivity contribution in [2.75, 3.05) is 32.8 Å². The summed E-state index contributed by atoms with van der Waals surface area (Å²) in [5.41, 5.74) is 0.935. The quantitative estimate of drug-likeness (QED) is 0.753. The molecule has 0 unspecified atom stereocenters. The van der Waals surface area contributed by atoms with Gasteiger partial charge in [0.2, 0.25) is 5.91 Å². The molecule has 4 rings (SSSR count). The second-order valence-corrected chi connectivity index (χ2v) is 9.19. The van der Waals surface area contributed by atoms with E-state index >= 15 is 0 Å². The average molecular weight is 442 g/mol. The van der Waals surface area contributed by atoms with Gasteiger partial charge in [-0.2, -0.15) is 0 Å². The molecular formula is C21H32ClN3O3S. The molecule has 2 saturated heterocycles. The van der Waals surface area contributed by atoms with Crippen LogP contribution in [0.5, 0.6) is 0 Å². The number of thiophene rings is 1. The van der Waals surface area contributed by atoms with E-state index in [9.17, 15) is 9.59 Å². The number of fused-ring (bicyclic) bond motifs is 2. The van der Waals surface area contributed by atoms with Crippen LogP contribution in [0.3, 0.4) is 0 Å². The fourth-order valence-corrected chi connectivity index (χ4v) is 5.93. The Morgan fingerprint density at radius 1 is 1.34 bits per heavy atom. The topological polar surface area (TPSA) is 70.7 Å². The van der Waals surface area contributed by atoms with Gasteiger partial charge in [0.25, 0.3) is 5.91 Å². The Morgan fingerprint density at radius 2 is 2.14 bits per heavy atom. The standard InChI is InChI=1S/C21H31N3O3S.ClH/c1-2-9-23-19(25)17-14-15-6-13-27-21(18(15)28-17)7-11-24(12-8-21)20(26)16-5-3-4-10-22-16;/h14,16,22H,2-13H2,1H3,(H,23,25);1H/t16-;/m1./s1. The number of amides is 2. The molecular weight excluding hydrogens is 410 g/mol. The summed E-state index contributed by atoms with van der Waals surface area (Å²) in [5, 5.41) is 6.35. The second-order valence-electron chi connectivity index (χ2n) is 8.14. The van der Waals surface area contributed by atoms with E-state index in [4.69, 9.17) is 4.74 Å². The maximum atomic E-state index is 12.8. The van der Waals surface area contributed by atoms with Crippen molar-refractivity contribution in [3.05, 3.63) is 21.4 Å². The molecule has 3 aliphatic heterocycles. The van der Waals surface area contributed by atoms with E-state index in [2.05, 4.69) is 23.6 Å². The van der Waals surface area contributed by atoms with Crippen LogP contribution in [0.2, 0.25) is 0 Å². The van der Waals surface area contributed by atoms with Crippen LogP contribution in [0.1, 0.15) is 65.6 Å². The number of carbonyl (C=O) groups excluding carboxylic acids is 2. The molecule has 1 aromatic heterocycles. The molecule has 2 fully saturated rings. The van der Waals surface area contributed by atoms with E-state index in [1.54, 1.807) is 11.3 Å². The molecule has 2 amide bonds. The largest absolute Gasteiger partial charge is 0.369 e. The molecule has 0 radical (unpaired) electrons. The van der Waals surface area contributed by atoms with Crippen molar-refractivity contribution < 1.29 is 14.3 Å². The Bertz CT molecular complexity index is 725. The van der Waals surface area contributed by atoms with Crippen LogP contribution in [-0.4, -0.2) is 55.5 Å². The minimum absolute atomic E-state index is 0. The minimum Gasteiger partial charge on any atom is -0.369 e. The Balaban J connectivity index is 0.00000240. The molecule has 29 heavy (non-hydrogen) atoms. The zero-order valence-corrected chi connectivity index (χ0v) is 18.8. The van der Waals surface area contributed by atoms with Crippen molar-refractivity contribution in [3.63, 3.8) is 0 Å². The van der Waals surface area contributed by atoms with Crippen LogP contribution in [0.4, 0.5) is 0 Å². The third kappa shape index (κ3) is 4.63. The first-order chi connectivity index (χ1) is 13.6. The number of likely N-dealkylation sites (tertiary alicyclic amines) is 1. The van der Waals surface area contributed by atoms with Gasteiger partial charge < -0.3 is 20.3 Å². The van der Waals surface area contributed by atoms with E-state index in [0.29, 0.717) is 13.2 Å². The van der Waals surface area contributed by atoms with Gasteiger partial charge in [0.1, 0.15) is 5.60 Å². The number of ether oxygens (including phenoxy) is 1. The number of rotatable bonds is 4. The average Bonchev–Trinajstić information content (AvgIpc) is 3.19. The highest BCUT2D eigenvalue weighted by atomic mass is 35.5. The Hall–Kier alpha value is -1.15. The van der Waals surface area contributed by atoms with E-state index in [1.807, 2.05) is 4.90 Å². The van der Waals surface area contributed by atoms with Crippen molar-refractivity contribution in [1.82, 2.24) is 15.5 Å². The van der Waals surface area contributed by atoms with Crippen LogP contribution in [0, 0.1) is 0 Å². The van der Waals surface area contributed by atoms with Gasteiger partial charge in [-0.15, -0.1) is 23.7 Å². The van der Waals surface area contributed by atoms with Crippen LogP contribution in [0.25, 0.3) is 0 Å². The smallest absolute Gasteiger partial charge is 0.261 e. The van der Waals surface area contributed by atoms with Gasteiger partial charge in [-0.25, -0.2) is 0 Å². The summed E-state index contributed by atoms with van der Waals surface area (Å²) in [5.74, 6) is 0.267. The maximum absolute atomic E-state index is 12.8. The third-order valence-corrected chi connectivity index (χ3v) is 7.58. The molecule has 0 bridgehead atoms. The maximum Gasteiger partial charge on any atom is 0.261 e. The monoisotopic (exact) mass is 441 g/mol. The highest BCUT2D eigenvalue weighted by Gasteiger charge is 2.44. The lowest BCUT2D eigenvalue weighted by molar-refractivity contribution is -0.142. The molecule has 3 aliphatic rings. The van der Waals surface area contributed by atoms with Gasteiger partial charge in [-0.3, -0.25) is 9.59 Å². The van der Waals surface area contributed by atoms with Crippen molar-refractivity contribution in [1.29, 1.82) is 0 Å². The number of hydrogen-bond donors (Lipinski definition) is 2. The summed E-state index contributed by atoms with van der Waals surface area (Å²) in [7, 11) is 0. The lowest BCUT2D eigenvalue weighted by atomic mass is 9.85. The second kappa shape index (κ2) is 9.77. The SMILES string of the molecule is CCCNC(=O)c1cc2c(s1)C1(CCN(C(=O)[C@H]3CCCCN3)CC1)OCC2.Cl. The Kier molecular flexibility index (Phi) is 7.59. The summed E-state index contributed by atoms with van der Waals surface area (Å²) < 4.78 is 6.31. The predicted octanol–water partition coefficient (Wildman–Crippen LogP) is 2.84. The van der Waals surface area contributed by atoms with Crippen LogP contribution < -0.4 is 10.6 Å². The molecule has 1 spiro atoms. The number of piperidine rings is 2. The lowest BCUT2D eigenvalue weighted by Gasteiger charge is -2.44. The van der Waals surface area contributed by atoms with Crippen molar-refractivity contribution in [3.8, 4) is 0 Å². The van der Waals surface area contributed by atoms with Crippen molar-refractivity contribution in [2.24, 2.45) is 0 Å². The summed E-state index contributed by atoms with van der Waals surface area (Å²) in [4.78, 5) is 29.2. The van der Waals surface area contributed by atoms with E-state index in [1.165, 1.54) is 10.4 Å². The first-order valence-corrected chi connectivity index (χ1v) is 11.5. The van der Waals surface area contributed by atoms with Crippen molar-refractivity contribution >= 4 is 35.6 Å². The molecule has 1 aromatic rings. The number of nitrogens with zero attached hydrogens (tertiary/aromatic N) is 1. The minimum atomic E-state index is -0.321. The third-order valence-electron chi connectivity index (χ3n) is 6.22. The number of nitrogens with one attached hydrogen (secondary N) is 2. The predicted molar refractivity (Wildman–Crippen MR) is 117 cm³/mol. The molecule has 1 atom stereocenters. The van der Waals surface area contributed by atoms with Crippen LogP contribution in [-0.2, 0) is 21.6 Å². The highest BCUT2D eigenvalue weighted by molar-refractivity contribution is 7.14. The molecule has 0 aromatic carbocycles. The molecule has 6 nitrogen and oxygen atoms in total. The summed E-state index contributed by atoms with van der Waals surface area (Å²) in [6.45, 7) is 5.85. The van der Waals surface area contributed by atoms with Gasteiger partial charge in [0.15, 0.2) is 0 Å². The summed E-state index contributed by atoms with van der Waals surface area (Å²) in [6, 6.07) is 2.04. The zero-order valence-electron chi connectivity index (χ0n) is 17.1. The van der Waals surface area contributed by atoms with Gasteiger partial charge in [-0.05, 0) is 56.7 Å². The van der Waals surface area contributed by atoms with E-state index in [-0.39, 0.29) is 35.9 Å². The summed E-state index contributed by atoms with van der Waals surface area (Å²) in [6.07, 6.45) is 6.67. The zero-order chi connectivity index (χ0) is 19.6. The normalized spacial score (nSPS) is 23.2. The van der Waals surface area contributed by atoms with Crippen LogP contribution >= 0.6 is 23.7 Å². The Labute approximate surface area is 183 Å². The van der Waals surface area contributed by atoms with Gasteiger partial charge in [0.05, 0.1) is 17.5 Å². The van der Waals surface area contributed by atoms with E-state index in [0.717, 1.165) is 69.5 Å². The molecule has 0 aliphatic carbocycles. The van der Waals surface area contributed by atoms with Gasteiger partial charge in [0, 0.05) is 24.5 Å². The lowest BCUT2D eigenvalue weighted by Crippen LogP contribution is -2.53. The van der Waals surface area contributed by atoms with Gasteiger partial charge in [-0.1, -0.05) is 13.3 Å². The number of carbonyl (C=O) groups is 2. The molecule has 2 N–H and O–H groups in total. The number of halogens is 1. The van der Waals surface area contributed by atoms with Crippen LogP contribution in [0.15, 0.2) is 6.07 Å². The van der Waals surface area contributed by atoms with E-state index < -0.39 is 0 Å². The summed E-state index contributed by atoms with van der Waals surface area (Å²) >= 11 is 1.58. The molecule has 0 saturated carbocycles. The molecule has 8 heteroatoms. The Morgan fingerprint density at radius 3 is 2.83 bits per heavy atom. The van der Waals surface area contributed by atoms with Gasteiger partial charge >= 0.3 is 0 Å². The first kappa shape index (κ1) is 22.5. The fraction of sp³-hybridized carbons (Fsp3) is 0.714.